The molecule has 3 N–H and O–H groups in total. The minimum atomic E-state index is 0.142. The van der Waals surface area contributed by atoms with E-state index in [0.29, 0.717) is 5.11 Å². The smallest absolute Gasteiger partial charge is 0.189 e. The number of hydrogen-bond acceptors (Lipinski definition) is 2. The van der Waals surface area contributed by atoms with Gasteiger partial charge in [-0.25, -0.2) is 0 Å². The fraction of sp³-hybridized carbons (Fsp3) is 0.286. The SMILES string of the molecule is C=C(NNC(=S)Nc1ccc(C)cc1C)c1ccc(C(C)(C)C)cc1. The summed E-state index contributed by atoms with van der Waals surface area (Å²) in [6.45, 7) is 14.8. The van der Waals surface area contributed by atoms with Crippen molar-refractivity contribution in [2.75, 3.05) is 5.32 Å². The molecular weight excluding hydrogens is 326 g/mol. The lowest BCUT2D eigenvalue weighted by Crippen LogP contribution is -2.38. The molecule has 0 unspecified atom stereocenters. The van der Waals surface area contributed by atoms with E-state index in [9.17, 15) is 0 Å². The number of rotatable bonds is 4. The maximum atomic E-state index is 5.34. The first kappa shape index (κ1) is 19.0. The molecule has 132 valence electrons. The highest BCUT2D eigenvalue weighted by Gasteiger charge is 2.13. The topological polar surface area (TPSA) is 36.1 Å². The zero-order chi connectivity index (χ0) is 18.6. The van der Waals surface area contributed by atoms with Gasteiger partial charge in [-0.2, -0.15) is 0 Å². The summed E-state index contributed by atoms with van der Waals surface area (Å²) in [5.41, 5.74) is 12.6. The molecule has 2 rings (SSSR count). The minimum absolute atomic E-state index is 0.142. The maximum Gasteiger partial charge on any atom is 0.189 e. The summed E-state index contributed by atoms with van der Waals surface area (Å²) >= 11 is 5.34. The first-order valence-electron chi connectivity index (χ1n) is 8.37. The Bertz CT molecular complexity index is 771. The first-order chi connectivity index (χ1) is 11.7. The van der Waals surface area contributed by atoms with Gasteiger partial charge in [0.2, 0.25) is 0 Å². The van der Waals surface area contributed by atoms with E-state index in [2.05, 4.69) is 93.8 Å². The van der Waals surface area contributed by atoms with Crippen LogP contribution in [0.4, 0.5) is 5.69 Å². The van der Waals surface area contributed by atoms with Gasteiger partial charge in [0.05, 0.1) is 5.70 Å². The van der Waals surface area contributed by atoms with Gasteiger partial charge in [-0.15, -0.1) is 0 Å². The lowest BCUT2D eigenvalue weighted by molar-refractivity contribution is 0.590. The van der Waals surface area contributed by atoms with E-state index >= 15 is 0 Å². The lowest BCUT2D eigenvalue weighted by Gasteiger charge is -2.20. The van der Waals surface area contributed by atoms with Gasteiger partial charge in [-0.1, -0.05) is 69.3 Å². The number of hydrazine groups is 1. The second-order valence-electron chi connectivity index (χ2n) is 7.33. The normalized spacial score (nSPS) is 10.9. The van der Waals surface area contributed by atoms with E-state index in [1.54, 1.807) is 0 Å². The molecular formula is C21H27N3S. The summed E-state index contributed by atoms with van der Waals surface area (Å²) in [6, 6.07) is 14.6. The Kier molecular flexibility index (Phi) is 5.85. The third-order valence-corrected chi connectivity index (χ3v) is 4.26. The highest BCUT2D eigenvalue weighted by molar-refractivity contribution is 7.80. The van der Waals surface area contributed by atoms with Crippen LogP contribution in [0, 0.1) is 13.8 Å². The van der Waals surface area contributed by atoms with Crippen molar-refractivity contribution < 1.29 is 0 Å². The van der Waals surface area contributed by atoms with Crippen molar-refractivity contribution in [1.29, 1.82) is 0 Å². The number of hydrogen-bond donors (Lipinski definition) is 3. The van der Waals surface area contributed by atoms with E-state index in [-0.39, 0.29) is 5.41 Å². The number of thiocarbonyl (C=S) groups is 1. The fourth-order valence-electron chi connectivity index (χ4n) is 2.48. The van der Waals surface area contributed by atoms with E-state index in [1.807, 2.05) is 6.07 Å². The molecule has 0 radical (unpaired) electrons. The molecule has 0 aromatic heterocycles. The quantitative estimate of drug-likeness (QED) is 0.530. The van der Waals surface area contributed by atoms with Gasteiger partial charge >= 0.3 is 0 Å². The fourth-order valence-corrected chi connectivity index (χ4v) is 2.64. The van der Waals surface area contributed by atoms with Crippen molar-refractivity contribution in [3.8, 4) is 0 Å². The van der Waals surface area contributed by atoms with Crippen molar-refractivity contribution in [1.82, 2.24) is 10.9 Å². The Hall–Kier alpha value is -2.33. The van der Waals surface area contributed by atoms with Crippen molar-refractivity contribution in [3.05, 3.63) is 71.3 Å². The summed E-state index contributed by atoms with van der Waals surface area (Å²) < 4.78 is 0. The van der Waals surface area contributed by atoms with Crippen molar-refractivity contribution in [2.24, 2.45) is 0 Å². The molecule has 0 bridgehead atoms. The molecule has 0 aliphatic heterocycles. The average molecular weight is 354 g/mol. The Morgan fingerprint density at radius 2 is 1.60 bits per heavy atom. The standard InChI is InChI=1S/C21H27N3S/c1-14-7-12-19(15(2)13-14)22-20(25)24-23-16(3)17-8-10-18(11-9-17)21(4,5)6/h7-13,23H,3H2,1-2,4-6H3,(H2,22,24,25). The molecule has 0 atom stereocenters. The predicted molar refractivity (Wildman–Crippen MR) is 113 cm³/mol. The van der Waals surface area contributed by atoms with E-state index in [1.165, 1.54) is 11.1 Å². The maximum absolute atomic E-state index is 5.34. The van der Waals surface area contributed by atoms with Crippen LogP contribution in [-0.2, 0) is 5.41 Å². The largest absolute Gasteiger partial charge is 0.331 e. The highest BCUT2D eigenvalue weighted by atomic mass is 32.1. The molecule has 0 heterocycles. The second kappa shape index (κ2) is 7.70. The van der Waals surface area contributed by atoms with Gasteiger partial charge in [0.1, 0.15) is 0 Å². The molecule has 0 amide bonds. The molecule has 0 aliphatic carbocycles. The van der Waals surface area contributed by atoms with Crippen molar-refractivity contribution >= 4 is 28.7 Å². The molecule has 4 heteroatoms. The van der Waals surface area contributed by atoms with Gasteiger partial charge in [0, 0.05) is 5.69 Å². The molecule has 0 saturated heterocycles. The Morgan fingerprint density at radius 1 is 0.960 bits per heavy atom. The third-order valence-electron chi connectivity index (χ3n) is 4.06. The molecule has 2 aromatic rings. The number of anilines is 1. The van der Waals surface area contributed by atoms with Crippen LogP contribution >= 0.6 is 12.2 Å². The van der Waals surface area contributed by atoms with Gasteiger partial charge in [0.25, 0.3) is 0 Å². The molecule has 2 aromatic carbocycles. The average Bonchev–Trinajstić information content (AvgIpc) is 2.54. The van der Waals surface area contributed by atoms with Crippen molar-refractivity contribution in [3.63, 3.8) is 0 Å². The van der Waals surface area contributed by atoms with Crippen molar-refractivity contribution in [2.45, 2.75) is 40.0 Å². The summed E-state index contributed by atoms with van der Waals surface area (Å²) in [5.74, 6) is 0. The first-order valence-corrected chi connectivity index (χ1v) is 8.78. The van der Waals surface area contributed by atoms with Crippen LogP contribution < -0.4 is 16.2 Å². The van der Waals surface area contributed by atoms with Gasteiger partial charge in [-0.3, -0.25) is 10.9 Å². The molecule has 0 aliphatic rings. The summed E-state index contributed by atoms with van der Waals surface area (Å²) in [7, 11) is 0. The monoisotopic (exact) mass is 353 g/mol. The van der Waals surface area contributed by atoms with Crippen LogP contribution in [0.2, 0.25) is 0 Å². The Morgan fingerprint density at radius 3 is 2.16 bits per heavy atom. The van der Waals surface area contributed by atoms with Crippen LogP contribution in [0.3, 0.4) is 0 Å². The van der Waals surface area contributed by atoms with Crippen LogP contribution in [0.15, 0.2) is 49.0 Å². The summed E-state index contributed by atoms with van der Waals surface area (Å²) in [6.07, 6.45) is 0. The zero-order valence-electron chi connectivity index (χ0n) is 15.7. The second-order valence-corrected chi connectivity index (χ2v) is 7.74. The van der Waals surface area contributed by atoms with E-state index in [4.69, 9.17) is 12.2 Å². The zero-order valence-corrected chi connectivity index (χ0v) is 16.5. The third kappa shape index (κ3) is 5.33. The van der Waals surface area contributed by atoms with E-state index in [0.717, 1.165) is 22.5 Å². The molecule has 0 spiro atoms. The Balaban J connectivity index is 1.92. The number of benzene rings is 2. The summed E-state index contributed by atoms with van der Waals surface area (Å²) in [5, 5.41) is 3.69. The van der Waals surface area contributed by atoms with Crippen LogP contribution in [0.1, 0.15) is 43.0 Å². The predicted octanol–water partition coefficient (Wildman–Crippen LogP) is 5.06. The van der Waals surface area contributed by atoms with Crippen LogP contribution in [-0.4, -0.2) is 5.11 Å². The minimum Gasteiger partial charge on any atom is -0.331 e. The molecule has 25 heavy (non-hydrogen) atoms. The van der Waals surface area contributed by atoms with Gasteiger partial charge < -0.3 is 5.32 Å². The summed E-state index contributed by atoms with van der Waals surface area (Å²) in [4.78, 5) is 0. The highest BCUT2D eigenvalue weighted by Crippen LogP contribution is 2.23. The Labute approximate surface area is 156 Å². The molecule has 3 nitrogen and oxygen atoms in total. The van der Waals surface area contributed by atoms with E-state index < -0.39 is 0 Å². The van der Waals surface area contributed by atoms with Gasteiger partial charge in [-0.05, 0) is 54.2 Å². The molecule has 0 fully saturated rings. The number of aryl methyl sites for hydroxylation is 2. The van der Waals surface area contributed by atoms with Crippen LogP contribution in [0.25, 0.3) is 5.70 Å². The molecule has 0 saturated carbocycles. The number of nitrogens with one attached hydrogen (secondary N) is 3. The lowest BCUT2D eigenvalue weighted by atomic mass is 9.86. The van der Waals surface area contributed by atoms with Crippen LogP contribution in [0.5, 0.6) is 0 Å². The van der Waals surface area contributed by atoms with Gasteiger partial charge in [0.15, 0.2) is 5.11 Å².